The van der Waals surface area contributed by atoms with E-state index in [-0.39, 0.29) is 24.4 Å². The van der Waals surface area contributed by atoms with E-state index in [2.05, 4.69) is 20.5 Å². The first-order valence-electron chi connectivity index (χ1n) is 8.91. The maximum Gasteiger partial charge on any atom is 0.253 e. The molecule has 0 aliphatic carbocycles. The number of benzene rings is 1. The lowest BCUT2D eigenvalue weighted by molar-refractivity contribution is -0.130. The fourth-order valence-electron chi connectivity index (χ4n) is 2.73. The quantitative estimate of drug-likeness (QED) is 0.662. The number of hydrogen-bond acceptors (Lipinski definition) is 6. The average molecular weight is 396 g/mol. The Bertz CT molecular complexity index is 716. The molecule has 2 aromatic rings. The lowest BCUT2D eigenvalue weighted by atomic mass is 10.1. The Kier molecular flexibility index (Phi) is 8.18. The molecule has 0 bridgehead atoms. The molecule has 0 spiro atoms. The van der Waals surface area contributed by atoms with Crippen LogP contribution in [0.5, 0.6) is 0 Å². The molecule has 1 amide bonds. The maximum atomic E-state index is 12.3. The highest BCUT2D eigenvalue weighted by molar-refractivity contribution is 5.94. The molecule has 1 aliphatic heterocycles. The Morgan fingerprint density at radius 3 is 2.81 bits per heavy atom. The van der Waals surface area contributed by atoms with Gasteiger partial charge in [0.2, 0.25) is 0 Å². The molecule has 27 heavy (non-hydrogen) atoms. The number of H-pyrrole nitrogens is 1. The normalized spacial score (nSPS) is 17.8. The number of halogens is 1. The second-order valence-corrected chi connectivity index (χ2v) is 6.34. The lowest BCUT2D eigenvalue weighted by Gasteiger charge is -2.23. The average Bonchev–Trinajstić information content (AvgIpc) is 3.16. The Morgan fingerprint density at radius 1 is 1.41 bits per heavy atom. The molecule has 148 valence electrons. The van der Waals surface area contributed by atoms with Crippen molar-refractivity contribution >= 4 is 24.0 Å². The van der Waals surface area contributed by atoms with Crippen molar-refractivity contribution in [3.63, 3.8) is 0 Å². The second kappa shape index (κ2) is 10.4. The molecule has 1 saturated heterocycles. The van der Waals surface area contributed by atoms with Crippen molar-refractivity contribution < 1.29 is 14.3 Å². The van der Waals surface area contributed by atoms with Gasteiger partial charge in [-0.25, -0.2) is 4.98 Å². The maximum absolute atomic E-state index is 12.3. The van der Waals surface area contributed by atoms with Crippen LogP contribution in [0.2, 0.25) is 0 Å². The minimum atomic E-state index is -0.541. The van der Waals surface area contributed by atoms with Crippen LogP contribution >= 0.6 is 12.4 Å². The van der Waals surface area contributed by atoms with Gasteiger partial charge in [0.1, 0.15) is 11.9 Å². The van der Waals surface area contributed by atoms with Gasteiger partial charge in [-0.15, -0.1) is 12.4 Å². The molecule has 0 radical (unpaired) electrons. The fraction of sp³-hybridized carbons (Fsp3) is 0.500. The summed E-state index contributed by atoms with van der Waals surface area (Å²) >= 11 is 0. The minimum Gasteiger partial charge on any atom is -0.376 e. The number of anilines is 1. The second-order valence-electron chi connectivity index (χ2n) is 6.34. The Morgan fingerprint density at radius 2 is 2.19 bits per heavy atom. The van der Waals surface area contributed by atoms with E-state index in [0.717, 1.165) is 31.4 Å². The van der Waals surface area contributed by atoms with Crippen molar-refractivity contribution in [2.45, 2.75) is 44.9 Å². The number of amides is 1. The van der Waals surface area contributed by atoms with Crippen molar-refractivity contribution in [3.05, 3.63) is 30.1 Å². The van der Waals surface area contributed by atoms with Gasteiger partial charge in [0, 0.05) is 17.9 Å². The summed E-state index contributed by atoms with van der Waals surface area (Å²) in [6.45, 7) is 3.28. The van der Waals surface area contributed by atoms with Gasteiger partial charge in [0.25, 0.3) is 5.91 Å². The van der Waals surface area contributed by atoms with Gasteiger partial charge in [0.15, 0.2) is 5.82 Å². The Labute approximate surface area is 164 Å². The zero-order valence-electron chi connectivity index (χ0n) is 15.3. The molecule has 2 heterocycles. The molecule has 9 heteroatoms. The van der Waals surface area contributed by atoms with Gasteiger partial charge in [-0.2, -0.15) is 5.10 Å². The molecule has 1 aliphatic rings. The van der Waals surface area contributed by atoms with Crippen LogP contribution in [0.1, 0.15) is 32.0 Å². The summed E-state index contributed by atoms with van der Waals surface area (Å²) in [5, 5.41) is 9.73. The van der Waals surface area contributed by atoms with Gasteiger partial charge in [0.05, 0.1) is 19.3 Å². The van der Waals surface area contributed by atoms with Crippen molar-refractivity contribution in [2.24, 2.45) is 5.73 Å². The van der Waals surface area contributed by atoms with Gasteiger partial charge < -0.3 is 20.5 Å². The third-order valence-electron chi connectivity index (χ3n) is 4.31. The number of nitrogens with two attached hydrogens (primary N) is 1. The van der Waals surface area contributed by atoms with Gasteiger partial charge in [-0.05, 0) is 50.5 Å². The van der Waals surface area contributed by atoms with Crippen LogP contribution in [0.15, 0.2) is 24.3 Å². The monoisotopic (exact) mass is 395 g/mol. The predicted molar refractivity (Wildman–Crippen MR) is 105 cm³/mol. The first-order chi connectivity index (χ1) is 12.7. The van der Waals surface area contributed by atoms with E-state index in [1.807, 2.05) is 24.3 Å². The van der Waals surface area contributed by atoms with Crippen LogP contribution in [0.4, 0.5) is 5.69 Å². The summed E-state index contributed by atoms with van der Waals surface area (Å²) in [7, 11) is 0. The van der Waals surface area contributed by atoms with E-state index in [0.29, 0.717) is 30.5 Å². The van der Waals surface area contributed by atoms with E-state index in [4.69, 9.17) is 15.2 Å². The van der Waals surface area contributed by atoms with Crippen LogP contribution < -0.4 is 11.1 Å². The molecular formula is C18H26ClN5O3. The van der Waals surface area contributed by atoms with Gasteiger partial charge >= 0.3 is 0 Å². The summed E-state index contributed by atoms with van der Waals surface area (Å²) in [6.07, 6.45) is 2.80. The molecule has 8 nitrogen and oxygen atoms in total. The van der Waals surface area contributed by atoms with E-state index < -0.39 is 6.10 Å². The number of aromatic amines is 1. The zero-order valence-corrected chi connectivity index (χ0v) is 16.1. The Balaban J connectivity index is 0.00000261. The number of ether oxygens (including phenoxy) is 2. The van der Waals surface area contributed by atoms with Crippen molar-refractivity contribution in [3.8, 4) is 11.4 Å². The van der Waals surface area contributed by atoms with E-state index in [9.17, 15) is 4.79 Å². The van der Waals surface area contributed by atoms with Crippen LogP contribution in [0, 0.1) is 0 Å². The largest absolute Gasteiger partial charge is 0.376 e. The SMILES string of the molecule is CC(OCC1CCCCO1)C(=O)Nc1ccc(-c2n[nH]c(CN)n2)cc1.Cl. The molecule has 1 aromatic heterocycles. The smallest absolute Gasteiger partial charge is 0.253 e. The molecule has 0 saturated carbocycles. The molecule has 4 N–H and O–H groups in total. The van der Waals surface area contributed by atoms with Crippen LogP contribution in [-0.2, 0) is 20.8 Å². The molecule has 2 atom stereocenters. The molecule has 1 aromatic carbocycles. The third kappa shape index (κ3) is 6.00. The Hall–Kier alpha value is -2.00. The fourth-order valence-corrected chi connectivity index (χ4v) is 2.73. The summed E-state index contributed by atoms with van der Waals surface area (Å²) in [5.74, 6) is 1.02. The standard InChI is InChI=1S/C18H25N5O3.ClH/c1-12(26-11-15-4-2-3-9-25-15)18(24)20-14-7-5-13(6-8-14)17-21-16(10-19)22-23-17;/h5-8,12,15H,2-4,9-11,19H2,1H3,(H,20,24)(H,21,22,23);1H. The summed E-state index contributed by atoms with van der Waals surface area (Å²) in [6, 6.07) is 7.31. The van der Waals surface area contributed by atoms with Crippen molar-refractivity contribution in [1.82, 2.24) is 15.2 Å². The van der Waals surface area contributed by atoms with Crippen LogP contribution in [0.3, 0.4) is 0 Å². The minimum absolute atomic E-state index is 0. The predicted octanol–water partition coefficient (Wildman–Crippen LogP) is 2.26. The number of carbonyl (C=O) groups is 1. The van der Waals surface area contributed by atoms with E-state index in [1.165, 1.54) is 0 Å². The first-order valence-corrected chi connectivity index (χ1v) is 8.91. The number of hydrogen-bond donors (Lipinski definition) is 3. The summed E-state index contributed by atoms with van der Waals surface area (Å²) in [5.41, 5.74) is 7.06. The number of carbonyl (C=O) groups excluding carboxylic acids is 1. The summed E-state index contributed by atoms with van der Waals surface area (Å²) < 4.78 is 11.3. The zero-order chi connectivity index (χ0) is 18.4. The topological polar surface area (TPSA) is 115 Å². The highest BCUT2D eigenvalue weighted by Crippen LogP contribution is 2.18. The van der Waals surface area contributed by atoms with Crippen LogP contribution in [0.25, 0.3) is 11.4 Å². The number of nitrogens with zero attached hydrogens (tertiary/aromatic N) is 2. The van der Waals surface area contributed by atoms with E-state index in [1.54, 1.807) is 6.92 Å². The highest BCUT2D eigenvalue weighted by atomic mass is 35.5. The highest BCUT2D eigenvalue weighted by Gasteiger charge is 2.19. The van der Waals surface area contributed by atoms with Gasteiger partial charge in [-0.1, -0.05) is 0 Å². The van der Waals surface area contributed by atoms with Gasteiger partial charge in [-0.3, -0.25) is 9.89 Å². The van der Waals surface area contributed by atoms with Crippen LogP contribution in [-0.4, -0.2) is 46.5 Å². The molecule has 3 rings (SSSR count). The third-order valence-corrected chi connectivity index (χ3v) is 4.31. The first kappa shape index (κ1) is 21.3. The molecule has 2 unspecified atom stereocenters. The number of nitrogens with one attached hydrogen (secondary N) is 2. The lowest BCUT2D eigenvalue weighted by Crippen LogP contribution is -2.32. The summed E-state index contributed by atoms with van der Waals surface area (Å²) in [4.78, 5) is 16.5. The van der Waals surface area contributed by atoms with Crippen molar-refractivity contribution in [1.29, 1.82) is 0 Å². The van der Waals surface area contributed by atoms with E-state index >= 15 is 0 Å². The molecular weight excluding hydrogens is 370 g/mol. The number of rotatable bonds is 7. The number of aromatic nitrogens is 3. The van der Waals surface area contributed by atoms with Crippen molar-refractivity contribution in [2.75, 3.05) is 18.5 Å². The molecule has 1 fully saturated rings.